The summed E-state index contributed by atoms with van der Waals surface area (Å²) >= 11 is 0. The molecule has 3 N–H and O–H groups in total. The molecule has 1 heterocycles. The zero-order valence-electron chi connectivity index (χ0n) is 15.2. The van der Waals surface area contributed by atoms with Gasteiger partial charge in [-0.3, -0.25) is 9.59 Å². The molecule has 0 spiro atoms. The average molecular weight is 349 g/mol. The van der Waals surface area contributed by atoms with Gasteiger partial charge in [-0.15, -0.1) is 0 Å². The Morgan fingerprint density at radius 3 is 2.65 bits per heavy atom. The van der Waals surface area contributed by atoms with Crippen LogP contribution in [0.15, 0.2) is 48.5 Å². The molecule has 0 fully saturated rings. The highest BCUT2D eigenvalue weighted by molar-refractivity contribution is 5.98. The number of carbonyl (C=O) groups is 2. The van der Waals surface area contributed by atoms with Crippen LogP contribution in [0.25, 0.3) is 10.9 Å². The number of aromatic nitrogens is 1. The fourth-order valence-corrected chi connectivity index (χ4v) is 2.70. The normalized spacial score (nSPS) is 10.9. The average Bonchev–Trinajstić information content (AvgIpc) is 3.03. The number of benzene rings is 2. The molecular weight excluding hydrogens is 326 g/mol. The fraction of sp³-hybridized carbons (Fsp3) is 0.238. The molecule has 3 rings (SSSR count). The van der Waals surface area contributed by atoms with Crippen LogP contribution in [0.4, 0.5) is 5.69 Å². The van der Waals surface area contributed by atoms with Crippen molar-refractivity contribution in [3.8, 4) is 0 Å². The number of hydrogen-bond donors (Lipinski definition) is 3. The van der Waals surface area contributed by atoms with Gasteiger partial charge in [0.1, 0.15) is 5.69 Å². The molecule has 0 aliphatic carbocycles. The van der Waals surface area contributed by atoms with Crippen LogP contribution >= 0.6 is 0 Å². The SMILES string of the molecule is Cc1ccc2[nH]c(C(=O)NCc3cccc(NC(=O)C(C)C)c3)cc2c1. The lowest BCUT2D eigenvalue weighted by Gasteiger charge is -2.10. The Morgan fingerprint density at radius 1 is 1.08 bits per heavy atom. The zero-order valence-corrected chi connectivity index (χ0v) is 15.2. The second-order valence-electron chi connectivity index (χ2n) is 6.80. The lowest BCUT2D eigenvalue weighted by molar-refractivity contribution is -0.118. The number of nitrogens with one attached hydrogen (secondary N) is 3. The minimum absolute atomic E-state index is 0.0282. The number of hydrogen-bond acceptors (Lipinski definition) is 2. The molecule has 5 nitrogen and oxygen atoms in total. The third kappa shape index (κ3) is 4.11. The van der Waals surface area contributed by atoms with Crippen LogP contribution in [0.1, 0.15) is 35.5 Å². The van der Waals surface area contributed by atoms with Gasteiger partial charge in [-0.1, -0.05) is 37.6 Å². The van der Waals surface area contributed by atoms with Crippen molar-refractivity contribution in [2.75, 3.05) is 5.32 Å². The van der Waals surface area contributed by atoms with Gasteiger partial charge in [0.2, 0.25) is 5.91 Å². The summed E-state index contributed by atoms with van der Waals surface area (Å²) in [6.07, 6.45) is 0. The van der Waals surface area contributed by atoms with Crippen LogP contribution in [0.2, 0.25) is 0 Å². The second-order valence-corrected chi connectivity index (χ2v) is 6.80. The largest absolute Gasteiger partial charge is 0.351 e. The van der Waals surface area contributed by atoms with Gasteiger partial charge in [0, 0.05) is 29.1 Å². The van der Waals surface area contributed by atoms with Gasteiger partial charge in [0.05, 0.1) is 0 Å². The van der Waals surface area contributed by atoms with Gasteiger partial charge in [-0.2, -0.15) is 0 Å². The number of rotatable bonds is 5. The van der Waals surface area contributed by atoms with Gasteiger partial charge in [-0.05, 0) is 42.8 Å². The first-order chi connectivity index (χ1) is 12.4. The Hall–Kier alpha value is -3.08. The summed E-state index contributed by atoms with van der Waals surface area (Å²) in [4.78, 5) is 27.4. The summed E-state index contributed by atoms with van der Waals surface area (Å²) in [5, 5.41) is 6.80. The summed E-state index contributed by atoms with van der Waals surface area (Å²) in [5.74, 6) is -0.265. The van der Waals surface area contributed by atoms with Gasteiger partial charge >= 0.3 is 0 Å². The van der Waals surface area contributed by atoms with E-state index in [2.05, 4.69) is 15.6 Å². The molecule has 0 bridgehead atoms. The van der Waals surface area contributed by atoms with E-state index in [0.29, 0.717) is 12.2 Å². The van der Waals surface area contributed by atoms with E-state index in [1.165, 1.54) is 0 Å². The van der Waals surface area contributed by atoms with Crippen molar-refractivity contribution in [2.24, 2.45) is 5.92 Å². The monoisotopic (exact) mass is 349 g/mol. The van der Waals surface area contributed by atoms with Crippen LogP contribution in [0, 0.1) is 12.8 Å². The van der Waals surface area contributed by atoms with Gasteiger partial charge in [-0.25, -0.2) is 0 Å². The summed E-state index contributed by atoms with van der Waals surface area (Å²) in [5.41, 5.74) is 4.29. The fourth-order valence-electron chi connectivity index (χ4n) is 2.70. The van der Waals surface area contributed by atoms with Crippen LogP contribution in [0.5, 0.6) is 0 Å². The van der Waals surface area contributed by atoms with Crippen molar-refractivity contribution in [1.29, 1.82) is 0 Å². The van der Waals surface area contributed by atoms with E-state index >= 15 is 0 Å². The molecule has 5 heteroatoms. The summed E-state index contributed by atoms with van der Waals surface area (Å²) in [7, 11) is 0. The summed E-state index contributed by atoms with van der Waals surface area (Å²) in [6, 6.07) is 15.4. The maximum Gasteiger partial charge on any atom is 0.267 e. The van der Waals surface area contributed by atoms with Crippen molar-refractivity contribution >= 4 is 28.4 Å². The zero-order chi connectivity index (χ0) is 18.7. The first-order valence-electron chi connectivity index (χ1n) is 8.70. The molecule has 0 atom stereocenters. The molecule has 0 aliphatic heterocycles. The number of aromatic amines is 1. The van der Waals surface area contributed by atoms with E-state index in [1.54, 1.807) is 0 Å². The van der Waals surface area contributed by atoms with E-state index < -0.39 is 0 Å². The number of carbonyl (C=O) groups excluding carboxylic acids is 2. The van der Waals surface area contributed by atoms with Crippen LogP contribution in [-0.4, -0.2) is 16.8 Å². The molecule has 0 aliphatic rings. The molecule has 0 unspecified atom stereocenters. The number of anilines is 1. The Bertz CT molecular complexity index is 957. The first-order valence-corrected chi connectivity index (χ1v) is 8.70. The molecule has 3 aromatic rings. The minimum atomic E-state index is -0.157. The van der Waals surface area contributed by atoms with Gasteiger partial charge in [0.15, 0.2) is 0 Å². The van der Waals surface area contributed by atoms with Crippen molar-refractivity contribution in [2.45, 2.75) is 27.3 Å². The quantitative estimate of drug-likeness (QED) is 0.651. The van der Waals surface area contributed by atoms with Gasteiger partial charge < -0.3 is 15.6 Å². The third-order valence-electron chi connectivity index (χ3n) is 4.19. The van der Waals surface area contributed by atoms with Gasteiger partial charge in [0.25, 0.3) is 5.91 Å². The maximum atomic E-state index is 12.4. The molecule has 134 valence electrons. The van der Waals surface area contributed by atoms with E-state index in [-0.39, 0.29) is 17.7 Å². The molecule has 0 radical (unpaired) electrons. The molecule has 0 saturated carbocycles. The molecular formula is C21H23N3O2. The number of amides is 2. The van der Waals surface area contributed by atoms with Crippen LogP contribution in [-0.2, 0) is 11.3 Å². The highest BCUT2D eigenvalue weighted by Gasteiger charge is 2.10. The lowest BCUT2D eigenvalue weighted by Crippen LogP contribution is -2.23. The second kappa shape index (κ2) is 7.44. The van der Waals surface area contributed by atoms with Crippen molar-refractivity contribution in [1.82, 2.24) is 10.3 Å². The Kier molecular flexibility index (Phi) is 5.07. The number of H-pyrrole nitrogens is 1. The molecule has 26 heavy (non-hydrogen) atoms. The first kappa shape index (κ1) is 17.7. The maximum absolute atomic E-state index is 12.4. The number of fused-ring (bicyclic) bond motifs is 1. The van der Waals surface area contributed by atoms with Crippen molar-refractivity contribution < 1.29 is 9.59 Å². The topological polar surface area (TPSA) is 74.0 Å². The Morgan fingerprint density at radius 2 is 1.88 bits per heavy atom. The van der Waals surface area contributed by atoms with E-state index in [1.807, 2.05) is 69.3 Å². The van der Waals surface area contributed by atoms with E-state index in [4.69, 9.17) is 0 Å². The summed E-state index contributed by atoms with van der Waals surface area (Å²) in [6.45, 7) is 6.11. The van der Waals surface area contributed by atoms with E-state index in [0.717, 1.165) is 27.7 Å². The minimum Gasteiger partial charge on any atom is -0.351 e. The Balaban J connectivity index is 1.66. The highest BCUT2D eigenvalue weighted by Crippen LogP contribution is 2.17. The summed E-state index contributed by atoms with van der Waals surface area (Å²) < 4.78 is 0. The van der Waals surface area contributed by atoms with Crippen LogP contribution in [0.3, 0.4) is 0 Å². The molecule has 2 amide bonds. The Labute approximate surface area is 152 Å². The van der Waals surface area contributed by atoms with E-state index in [9.17, 15) is 9.59 Å². The van der Waals surface area contributed by atoms with Crippen LogP contribution < -0.4 is 10.6 Å². The number of aryl methyl sites for hydroxylation is 1. The standard InChI is InChI=1S/C21H23N3O2/c1-13(2)20(25)23-17-6-4-5-15(10-17)12-22-21(26)19-11-16-9-14(3)7-8-18(16)24-19/h4-11,13,24H,12H2,1-3H3,(H,22,26)(H,23,25). The predicted molar refractivity (Wildman–Crippen MR) is 104 cm³/mol. The third-order valence-corrected chi connectivity index (χ3v) is 4.19. The molecule has 2 aromatic carbocycles. The smallest absolute Gasteiger partial charge is 0.267 e. The lowest BCUT2D eigenvalue weighted by atomic mass is 10.1. The highest BCUT2D eigenvalue weighted by atomic mass is 16.2. The predicted octanol–water partition coefficient (Wildman–Crippen LogP) is 4.00. The molecule has 1 aromatic heterocycles. The van der Waals surface area contributed by atoms with Crippen molar-refractivity contribution in [3.05, 3.63) is 65.4 Å². The van der Waals surface area contributed by atoms with Crippen molar-refractivity contribution in [3.63, 3.8) is 0 Å². The molecule has 0 saturated heterocycles.